The van der Waals surface area contributed by atoms with Crippen LogP contribution >= 0.6 is 0 Å². The number of hydrogen-bond donors (Lipinski definition) is 1. The summed E-state index contributed by atoms with van der Waals surface area (Å²) >= 11 is 0. The number of aromatic nitrogens is 2. The molecule has 0 unspecified atom stereocenters. The molecule has 23 heavy (non-hydrogen) atoms. The molecule has 0 spiro atoms. The van der Waals surface area contributed by atoms with Gasteiger partial charge in [-0.1, -0.05) is 64.0 Å². The van der Waals surface area contributed by atoms with E-state index in [1.165, 1.54) is 32.1 Å². The number of rotatable bonds is 11. The van der Waals surface area contributed by atoms with Crippen molar-refractivity contribution in [2.45, 2.75) is 63.4 Å². The Labute approximate surface area is 138 Å². The molecule has 2 aromatic rings. The minimum Gasteiger partial charge on any atom is -0.327 e. The van der Waals surface area contributed by atoms with Crippen LogP contribution in [0.4, 0.5) is 0 Å². The molecule has 0 fully saturated rings. The molecule has 0 aliphatic heterocycles. The second-order valence-corrected chi connectivity index (χ2v) is 7.34. The normalized spacial score (nSPS) is 12.0. The largest absolute Gasteiger partial charge is 0.331 e. The fourth-order valence-corrected chi connectivity index (χ4v) is 3.40. The highest BCUT2D eigenvalue weighted by Crippen LogP contribution is 2.16. The zero-order valence-electron chi connectivity index (χ0n) is 13.8. The highest BCUT2D eigenvalue weighted by Gasteiger charge is 2.19. The van der Waals surface area contributed by atoms with Crippen LogP contribution in [0.15, 0.2) is 29.4 Å². The van der Waals surface area contributed by atoms with Crippen molar-refractivity contribution in [3.63, 3.8) is 0 Å². The molecular formula is C17H26N2O3S. The van der Waals surface area contributed by atoms with Gasteiger partial charge in [-0.15, -0.1) is 0 Å². The minimum absolute atomic E-state index is 0.113. The Bertz CT molecular complexity index is 662. The Kier molecular flexibility index (Phi) is 7.05. The maximum absolute atomic E-state index is 12.1. The van der Waals surface area contributed by atoms with E-state index in [9.17, 15) is 8.42 Å². The number of hydrogen-bond acceptors (Lipinski definition) is 4. The van der Waals surface area contributed by atoms with E-state index in [-0.39, 0.29) is 11.8 Å². The van der Waals surface area contributed by atoms with Crippen LogP contribution in [0.25, 0.3) is 11.0 Å². The molecule has 0 aliphatic rings. The van der Waals surface area contributed by atoms with Crippen molar-refractivity contribution in [1.82, 2.24) is 9.97 Å². The van der Waals surface area contributed by atoms with Crippen LogP contribution in [-0.4, -0.2) is 25.0 Å². The van der Waals surface area contributed by atoms with Gasteiger partial charge in [-0.3, -0.25) is 4.18 Å². The van der Waals surface area contributed by atoms with Crippen molar-refractivity contribution in [2.75, 3.05) is 6.61 Å². The highest BCUT2D eigenvalue weighted by molar-refractivity contribution is 7.86. The van der Waals surface area contributed by atoms with E-state index in [2.05, 4.69) is 16.9 Å². The van der Waals surface area contributed by atoms with E-state index < -0.39 is 10.1 Å². The Morgan fingerprint density at radius 2 is 1.65 bits per heavy atom. The molecule has 0 radical (unpaired) electrons. The molecule has 6 heteroatoms. The Morgan fingerprint density at radius 1 is 1.00 bits per heavy atom. The smallest absolute Gasteiger partial charge is 0.327 e. The van der Waals surface area contributed by atoms with Crippen molar-refractivity contribution < 1.29 is 12.6 Å². The lowest BCUT2D eigenvalue weighted by molar-refractivity contribution is 0.303. The van der Waals surface area contributed by atoms with Gasteiger partial charge in [0.1, 0.15) is 0 Å². The Morgan fingerprint density at radius 3 is 2.35 bits per heavy atom. The topological polar surface area (TPSA) is 72.1 Å². The molecule has 128 valence electrons. The monoisotopic (exact) mass is 338 g/mol. The average Bonchev–Trinajstić information content (AvgIpc) is 2.98. The first kappa shape index (κ1) is 17.9. The predicted octanol–water partition coefficient (Wildman–Crippen LogP) is 4.41. The van der Waals surface area contributed by atoms with Gasteiger partial charge in [0.15, 0.2) is 0 Å². The first-order chi connectivity index (χ1) is 11.1. The van der Waals surface area contributed by atoms with Crippen molar-refractivity contribution >= 4 is 21.2 Å². The first-order valence-electron chi connectivity index (χ1n) is 8.47. The van der Waals surface area contributed by atoms with E-state index in [4.69, 9.17) is 4.18 Å². The van der Waals surface area contributed by atoms with Gasteiger partial charge < -0.3 is 4.98 Å². The quantitative estimate of drug-likeness (QED) is 0.486. The summed E-state index contributed by atoms with van der Waals surface area (Å²) < 4.78 is 29.3. The van der Waals surface area contributed by atoms with Gasteiger partial charge in [0.2, 0.25) is 0 Å². The van der Waals surface area contributed by atoms with Crippen molar-refractivity contribution in [3.8, 4) is 0 Å². The number of aromatic amines is 1. The van der Waals surface area contributed by atoms with Crippen LogP contribution in [-0.2, 0) is 14.3 Å². The standard InChI is InChI=1S/C17H26N2O3S/c1-2-3-4-5-6-7-8-11-14-22-23(20,21)17-18-15-12-9-10-13-16(15)19-17/h9-10,12-13H,2-8,11,14H2,1H3,(H,18,19). The van der Waals surface area contributed by atoms with Gasteiger partial charge in [-0.2, -0.15) is 8.42 Å². The molecular weight excluding hydrogens is 312 g/mol. The van der Waals surface area contributed by atoms with E-state index in [1.807, 2.05) is 12.1 Å². The van der Waals surface area contributed by atoms with Gasteiger partial charge in [-0.25, -0.2) is 4.98 Å². The molecule has 1 N–H and O–H groups in total. The van der Waals surface area contributed by atoms with Crippen LogP contribution in [0.5, 0.6) is 0 Å². The fraction of sp³-hybridized carbons (Fsp3) is 0.588. The molecule has 1 aromatic heterocycles. The number of nitrogens with one attached hydrogen (secondary N) is 1. The molecule has 0 saturated carbocycles. The summed E-state index contributed by atoms with van der Waals surface area (Å²) in [5.41, 5.74) is 1.32. The lowest BCUT2D eigenvalue weighted by atomic mass is 10.1. The lowest BCUT2D eigenvalue weighted by Crippen LogP contribution is -2.09. The Hall–Kier alpha value is -1.40. The third kappa shape index (κ3) is 5.62. The maximum atomic E-state index is 12.1. The number of imidazole rings is 1. The summed E-state index contributed by atoms with van der Waals surface area (Å²) in [6, 6.07) is 7.21. The SMILES string of the molecule is CCCCCCCCCCOS(=O)(=O)c1nc2ccccc2[nH]1. The van der Waals surface area contributed by atoms with Gasteiger partial charge in [0.05, 0.1) is 17.6 Å². The third-order valence-electron chi connectivity index (χ3n) is 3.84. The molecule has 1 heterocycles. The maximum Gasteiger partial charge on any atom is 0.331 e. The van der Waals surface area contributed by atoms with Crippen LogP contribution in [0, 0.1) is 0 Å². The zero-order chi connectivity index (χ0) is 16.5. The molecule has 0 bridgehead atoms. The number of para-hydroxylation sites is 2. The summed E-state index contributed by atoms with van der Waals surface area (Å²) in [6.45, 7) is 2.42. The first-order valence-corrected chi connectivity index (χ1v) is 9.88. The predicted molar refractivity (Wildman–Crippen MR) is 91.8 cm³/mol. The molecule has 0 atom stereocenters. The van der Waals surface area contributed by atoms with Crippen molar-refractivity contribution in [3.05, 3.63) is 24.3 Å². The van der Waals surface area contributed by atoms with Gasteiger partial charge in [0, 0.05) is 0 Å². The second-order valence-electron chi connectivity index (χ2n) is 5.81. The molecule has 0 amide bonds. The van der Waals surface area contributed by atoms with Crippen molar-refractivity contribution in [1.29, 1.82) is 0 Å². The number of fused-ring (bicyclic) bond motifs is 1. The molecule has 1 aromatic carbocycles. The third-order valence-corrected chi connectivity index (χ3v) is 4.98. The summed E-state index contributed by atoms with van der Waals surface area (Å²) in [5, 5.41) is -0.113. The lowest BCUT2D eigenvalue weighted by Gasteiger charge is -2.03. The van der Waals surface area contributed by atoms with Crippen LogP contribution < -0.4 is 0 Å². The van der Waals surface area contributed by atoms with E-state index in [0.29, 0.717) is 11.0 Å². The van der Waals surface area contributed by atoms with Crippen molar-refractivity contribution in [2.24, 2.45) is 0 Å². The fourth-order valence-electron chi connectivity index (χ4n) is 2.51. The summed E-state index contributed by atoms with van der Waals surface area (Å²) in [4.78, 5) is 6.87. The number of unbranched alkanes of at least 4 members (excludes halogenated alkanes) is 7. The summed E-state index contributed by atoms with van der Waals surface area (Å²) in [7, 11) is -3.79. The van der Waals surface area contributed by atoms with E-state index in [1.54, 1.807) is 12.1 Å². The number of nitrogens with zero attached hydrogens (tertiary/aromatic N) is 1. The number of benzene rings is 1. The van der Waals surface area contributed by atoms with Crippen LogP contribution in [0.1, 0.15) is 58.3 Å². The average molecular weight is 338 g/mol. The van der Waals surface area contributed by atoms with Gasteiger partial charge in [0.25, 0.3) is 5.16 Å². The minimum atomic E-state index is -3.79. The summed E-state index contributed by atoms with van der Waals surface area (Å²) in [6.07, 6.45) is 9.24. The van der Waals surface area contributed by atoms with Crippen LogP contribution in [0.2, 0.25) is 0 Å². The number of H-pyrrole nitrogens is 1. The molecule has 2 rings (SSSR count). The second kappa shape index (κ2) is 9.03. The zero-order valence-corrected chi connectivity index (χ0v) is 14.6. The molecule has 0 aliphatic carbocycles. The highest BCUT2D eigenvalue weighted by atomic mass is 32.2. The van der Waals surface area contributed by atoms with E-state index >= 15 is 0 Å². The molecule has 0 saturated heterocycles. The van der Waals surface area contributed by atoms with Gasteiger partial charge in [-0.05, 0) is 18.6 Å². The Balaban J connectivity index is 1.70. The van der Waals surface area contributed by atoms with E-state index in [0.717, 1.165) is 19.3 Å². The van der Waals surface area contributed by atoms with Crippen LogP contribution in [0.3, 0.4) is 0 Å². The summed E-state index contributed by atoms with van der Waals surface area (Å²) in [5.74, 6) is 0. The van der Waals surface area contributed by atoms with Gasteiger partial charge >= 0.3 is 10.1 Å². The molecule has 5 nitrogen and oxygen atoms in total.